The Morgan fingerprint density at radius 1 is 1.24 bits per heavy atom. The summed E-state index contributed by atoms with van der Waals surface area (Å²) in [6, 6.07) is 5.61. The highest BCUT2D eigenvalue weighted by Gasteiger charge is 2.47. The van der Waals surface area contributed by atoms with E-state index >= 15 is 0 Å². The molecule has 0 radical (unpaired) electrons. The monoisotopic (exact) mass is 408 g/mol. The molecule has 29 heavy (non-hydrogen) atoms. The lowest BCUT2D eigenvalue weighted by Crippen LogP contribution is -2.21. The number of benzene rings is 1. The van der Waals surface area contributed by atoms with E-state index in [1.54, 1.807) is 6.08 Å². The molecule has 1 aromatic rings. The first-order valence-corrected chi connectivity index (χ1v) is 10.2. The van der Waals surface area contributed by atoms with Crippen molar-refractivity contribution in [3.63, 3.8) is 0 Å². The third-order valence-electron chi connectivity index (χ3n) is 5.87. The van der Waals surface area contributed by atoms with E-state index in [0.717, 1.165) is 19.3 Å². The van der Waals surface area contributed by atoms with Crippen molar-refractivity contribution in [2.75, 3.05) is 13.2 Å². The van der Waals surface area contributed by atoms with Crippen molar-refractivity contribution in [3.8, 4) is 5.75 Å². The lowest BCUT2D eigenvalue weighted by Gasteiger charge is -2.19. The smallest absolute Gasteiger partial charge is 0.303 e. The first-order chi connectivity index (χ1) is 13.9. The third-order valence-corrected chi connectivity index (χ3v) is 5.87. The van der Waals surface area contributed by atoms with Crippen molar-refractivity contribution in [2.24, 2.45) is 17.8 Å². The van der Waals surface area contributed by atoms with Gasteiger partial charge in [-0.2, -0.15) is 0 Å². The van der Waals surface area contributed by atoms with Gasteiger partial charge in [0.05, 0.1) is 12.2 Å². The summed E-state index contributed by atoms with van der Waals surface area (Å²) in [6.45, 7) is 0.493. The van der Waals surface area contributed by atoms with Gasteiger partial charge in [-0.15, -0.1) is 0 Å². The zero-order chi connectivity index (χ0) is 20.8. The van der Waals surface area contributed by atoms with Gasteiger partial charge >= 0.3 is 5.97 Å². The van der Waals surface area contributed by atoms with E-state index < -0.39 is 18.2 Å². The first-order valence-electron chi connectivity index (χ1n) is 10.2. The molecule has 0 aliphatic heterocycles. The number of halogens is 1. The number of aliphatic carboxylic acids is 1. The fourth-order valence-corrected chi connectivity index (χ4v) is 4.50. The van der Waals surface area contributed by atoms with Crippen LogP contribution in [-0.4, -0.2) is 52.8 Å². The number of ether oxygens (including phenoxy) is 2. The minimum absolute atomic E-state index is 0.0342. The fraction of sp³-hybridized carbons (Fsp3) is 0.591. The number of carbonyl (C=O) groups is 1. The lowest BCUT2D eigenvalue weighted by atomic mass is 9.90. The summed E-state index contributed by atoms with van der Waals surface area (Å²) in [5, 5.41) is 29.2. The number of rotatable bonds is 10. The van der Waals surface area contributed by atoms with Gasteiger partial charge in [0.15, 0.2) is 0 Å². The topological polar surface area (TPSA) is 96.2 Å². The van der Waals surface area contributed by atoms with Gasteiger partial charge in [-0.05, 0) is 61.8 Å². The molecule has 2 fully saturated rings. The van der Waals surface area contributed by atoms with E-state index in [1.165, 1.54) is 24.3 Å². The molecule has 0 aromatic heterocycles. The SMILES string of the molecule is O=C(O)CCCOC1C[C@@H]2C[C@@H](O)[C@H](C=CC(O)COc3ccc(F)cc3)[C@@H]2C1. The van der Waals surface area contributed by atoms with Gasteiger partial charge in [0.2, 0.25) is 0 Å². The average molecular weight is 408 g/mol. The van der Waals surface area contributed by atoms with Crippen LogP contribution in [0.4, 0.5) is 4.39 Å². The Morgan fingerprint density at radius 2 is 2.00 bits per heavy atom. The molecule has 7 heteroatoms. The van der Waals surface area contributed by atoms with Gasteiger partial charge in [0.25, 0.3) is 0 Å². The van der Waals surface area contributed by atoms with E-state index in [4.69, 9.17) is 14.6 Å². The largest absolute Gasteiger partial charge is 0.491 e. The lowest BCUT2D eigenvalue weighted by molar-refractivity contribution is -0.137. The summed E-state index contributed by atoms with van der Waals surface area (Å²) in [4.78, 5) is 10.6. The summed E-state index contributed by atoms with van der Waals surface area (Å²) in [7, 11) is 0. The van der Waals surface area contributed by atoms with Crippen molar-refractivity contribution in [3.05, 3.63) is 42.2 Å². The molecule has 160 valence electrons. The molecule has 1 aromatic carbocycles. The van der Waals surface area contributed by atoms with Crippen LogP contribution < -0.4 is 4.74 Å². The zero-order valence-electron chi connectivity index (χ0n) is 16.3. The quantitative estimate of drug-likeness (QED) is 0.407. The normalized spacial score (nSPS) is 29.8. The minimum Gasteiger partial charge on any atom is -0.491 e. The molecule has 6 atom stereocenters. The van der Waals surface area contributed by atoms with E-state index in [0.29, 0.717) is 30.6 Å². The van der Waals surface area contributed by atoms with Gasteiger partial charge in [-0.1, -0.05) is 12.2 Å². The molecule has 0 saturated heterocycles. The Hall–Kier alpha value is -1.96. The highest BCUT2D eigenvalue weighted by atomic mass is 19.1. The second kappa shape index (κ2) is 10.2. The van der Waals surface area contributed by atoms with Gasteiger partial charge < -0.3 is 24.8 Å². The van der Waals surface area contributed by atoms with E-state index in [2.05, 4.69) is 0 Å². The first kappa shape index (κ1) is 21.7. The van der Waals surface area contributed by atoms with Crippen LogP contribution in [-0.2, 0) is 9.53 Å². The average Bonchev–Trinajstić information content (AvgIpc) is 3.19. The van der Waals surface area contributed by atoms with Crippen LogP contribution in [0.5, 0.6) is 5.75 Å². The maximum Gasteiger partial charge on any atom is 0.303 e. The third kappa shape index (κ3) is 6.26. The van der Waals surface area contributed by atoms with Crippen molar-refractivity contribution in [1.82, 2.24) is 0 Å². The van der Waals surface area contributed by atoms with Crippen molar-refractivity contribution in [1.29, 1.82) is 0 Å². The fourth-order valence-electron chi connectivity index (χ4n) is 4.50. The second-order valence-corrected chi connectivity index (χ2v) is 7.98. The van der Waals surface area contributed by atoms with Crippen molar-refractivity contribution < 1.29 is 34.0 Å². The summed E-state index contributed by atoms with van der Waals surface area (Å²) in [6.07, 6.45) is 5.44. The molecule has 2 aliphatic carbocycles. The number of aliphatic hydroxyl groups excluding tert-OH is 2. The molecule has 0 spiro atoms. The number of hydrogen-bond donors (Lipinski definition) is 3. The van der Waals surface area contributed by atoms with E-state index in [1.807, 2.05) is 6.08 Å². The summed E-state index contributed by atoms with van der Waals surface area (Å²) < 4.78 is 24.2. The summed E-state index contributed by atoms with van der Waals surface area (Å²) in [5.74, 6) is -0.0188. The van der Waals surface area contributed by atoms with Crippen LogP contribution in [0.2, 0.25) is 0 Å². The molecular weight excluding hydrogens is 379 g/mol. The molecule has 0 heterocycles. The number of carboxylic acids is 1. The summed E-state index contributed by atoms with van der Waals surface area (Å²) >= 11 is 0. The van der Waals surface area contributed by atoms with E-state index in [9.17, 15) is 19.4 Å². The molecule has 2 aliphatic rings. The summed E-state index contributed by atoms with van der Waals surface area (Å²) in [5.41, 5.74) is 0. The number of hydrogen-bond acceptors (Lipinski definition) is 5. The predicted octanol–water partition coefficient (Wildman–Crippen LogP) is 2.78. The molecule has 0 bridgehead atoms. The molecule has 2 saturated carbocycles. The Labute approximate surface area is 170 Å². The Balaban J connectivity index is 1.44. The molecule has 0 amide bonds. The molecule has 6 nitrogen and oxygen atoms in total. The minimum atomic E-state index is -0.823. The van der Waals surface area contributed by atoms with Gasteiger partial charge in [0, 0.05) is 18.9 Å². The molecule has 3 rings (SSSR count). The van der Waals surface area contributed by atoms with Crippen molar-refractivity contribution >= 4 is 5.97 Å². The van der Waals surface area contributed by atoms with E-state index in [-0.39, 0.29) is 30.9 Å². The Kier molecular flexibility index (Phi) is 7.64. The predicted molar refractivity (Wildman–Crippen MR) is 104 cm³/mol. The standard InChI is InChI=1S/C22H29FO6/c23-15-3-6-17(7-4-15)29-13-16(24)5-8-19-20-12-18(10-14(20)11-21(19)25)28-9-1-2-22(26)27/h3-8,14,16,18-21,24-25H,1-2,9-13H2,(H,26,27)/t14-,16?,18?,19-,20-,21-/m1/s1. The van der Waals surface area contributed by atoms with Crippen LogP contribution in [0, 0.1) is 23.6 Å². The highest BCUT2D eigenvalue weighted by molar-refractivity contribution is 5.66. The Bertz CT molecular complexity index is 691. The van der Waals surface area contributed by atoms with Gasteiger partial charge in [0.1, 0.15) is 24.3 Å². The van der Waals surface area contributed by atoms with Crippen LogP contribution in [0.3, 0.4) is 0 Å². The maximum absolute atomic E-state index is 12.9. The zero-order valence-corrected chi connectivity index (χ0v) is 16.3. The van der Waals surface area contributed by atoms with Crippen LogP contribution in [0.15, 0.2) is 36.4 Å². The van der Waals surface area contributed by atoms with Crippen LogP contribution in [0.1, 0.15) is 32.1 Å². The number of carboxylic acid groups (broad SMARTS) is 1. The van der Waals surface area contributed by atoms with Crippen LogP contribution in [0.25, 0.3) is 0 Å². The maximum atomic E-state index is 12.9. The molecule has 3 N–H and O–H groups in total. The number of aliphatic hydroxyl groups is 2. The Morgan fingerprint density at radius 3 is 2.72 bits per heavy atom. The van der Waals surface area contributed by atoms with Crippen LogP contribution >= 0.6 is 0 Å². The highest BCUT2D eigenvalue weighted by Crippen LogP contribution is 2.49. The van der Waals surface area contributed by atoms with Gasteiger partial charge in [-0.25, -0.2) is 4.39 Å². The molecule has 2 unspecified atom stereocenters. The second-order valence-electron chi connectivity index (χ2n) is 7.98. The van der Waals surface area contributed by atoms with Gasteiger partial charge in [-0.3, -0.25) is 4.79 Å². The number of fused-ring (bicyclic) bond motifs is 1. The van der Waals surface area contributed by atoms with Crippen molar-refractivity contribution in [2.45, 2.75) is 50.4 Å². The molecular formula is C22H29FO6.